The zero-order chi connectivity index (χ0) is 10.8. The van der Waals surface area contributed by atoms with Crippen LogP contribution in [-0.4, -0.2) is 26.0 Å². The fraction of sp³-hybridized carbons (Fsp3) is 1.00. The first kappa shape index (κ1) is 12.0. The van der Waals surface area contributed by atoms with Crippen LogP contribution in [0.25, 0.3) is 0 Å². The lowest BCUT2D eigenvalue weighted by atomic mass is 10.1. The van der Waals surface area contributed by atoms with E-state index >= 15 is 0 Å². The molecule has 84 valence electrons. The smallest absolute Gasteiger partial charge is 0.161 e. The zero-order valence-corrected chi connectivity index (χ0v) is 9.75. The minimum Gasteiger partial charge on any atom is -0.353 e. The molecule has 0 aromatic rings. The van der Waals surface area contributed by atoms with Gasteiger partial charge in [0.05, 0.1) is 0 Å². The SMILES string of the molecule is CCOC(OCC)[C@H]1[C@H](CN)C1(C)C. The van der Waals surface area contributed by atoms with Crippen LogP contribution < -0.4 is 5.73 Å². The Labute approximate surface area is 86.9 Å². The summed E-state index contributed by atoms with van der Waals surface area (Å²) in [6, 6.07) is 0. The van der Waals surface area contributed by atoms with Crippen molar-refractivity contribution in [1.29, 1.82) is 0 Å². The molecule has 0 amide bonds. The van der Waals surface area contributed by atoms with Gasteiger partial charge in [-0.15, -0.1) is 0 Å². The van der Waals surface area contributed by atoms with Gasteiger partial charge in [0.15, 0.2) is 6.29 Å². The third-order valence-electron chi connectivity index (χ3n) is 3.35. The van der Waals surface area contributed by atoms with E-state index in [1.54, 1.807) is 0 Å². The molecule has 2 atom stereocenters. The summed E-state index contributed by atoms with van der Waals surface area (Å²) in [5.74, 6) is 1.01. The molecule has 1 rings (SSSR count). The van der Waals surface area contributed by atoms with Gasteiger partial charge < -0.3 is 15.2 Å². The lowest BCUT2D eigenvalue weighted by Crippen LogP contribution is -2.23. The Morgan fingerprint density at radius 1 is 1.21 bits per heavy atom. The summed E-state index contributed by atoms with van der Waals surface area (Å²) in [5.41, 5.74) is 6.00. The third kappa shape index (κ3) is 2.10. The Kier molecular flexibility index (Phi) is 3.93. The number of rotatable bonds is 6. The third-order valence-corrected chi connectivity index (χ3v) is 3.35. The number of hydrogen-bond acceptors (Lipinski definition) is 3. The van der Waals surface area contributed by atoms with Gasteiger partial charge >= 0.3 is 0 Å². The molecule has 14 heavy (non-hydrogen) atoms. The summed E-state index contributed by atoms with van der Waals surface area (Å²) in [5, 5.41) is 0. The van der Waals surface area contributed by atoms with Crippen molar-refractivity contribution in [3.8, 4) is 0 Å². The van der Waals surface area contributed by atoms with Crippen LogP contribution in [0.1, 0.15) is 27.7 Å². The average Bonchev–Trinajstić information content (AvgIpc) is 2.67. The predicted molar refractivity (Wildman–Crippen MR) is 56.9 cm³/mol. The maximum Gasteiger partial charge on any atom is 0.161 e. The molecule has 1 aliphatic carbocycles. The van der Waals surface area contributed by atoms with E-state index in [4.69, 9.17) is 15.2 Å². The summed E-state index contributed by atoms with van der Waals surface area (Å²) >= 11 is 0. The van der Waals surface area contributed by atoms with Gasteiger partial charge in [0.1, 0.15) is 0 Å². The number of ether oxygens (including phenoxy) is 2. The van der Waals surface area contributed by atoms with Crippen LogP contribution in [0.4, 0.5) is 0 Å². The Hall–Kier alpha value is -0.120. The second-order valence-electron chi connectivity index (χ2n) is 4.47. The molecule has 1 saturated carbocycles. The molecular formula is C11H23NO2. The standard InChI is InChI=1S/C11H23NO2/c1-5-13-10(14-6-2)9-8(7-12)11(9,3)4/h8-10H,5-7,12H2,1-4H3/t8-,9+/m0/s1. The van der Waals surface area contributed by atoms with E-state index in [2.05, 4.69) is 13.8 Å². The lowest BCUT2D eigenvalue weighted by molar-refractivity contribution is -0.154. The van der Waals surface area contributed by atoms with Crippen LogP contribution in [0.5, 0.6) is 0 Å². The van der Waals surface area contributed by atoms with E-state index in [9.17, 15) is 0 Å². The van der Waals surface area contributed by atoms with E-state index in [1.165, 1.54) is 0 Å². The topological polar surface area (TPSA) is 44.5 Å². The molecule has 0 radical (unpaired) electrons. The Bertz CT molecular complexity index is 176. The maximum absolute atomic E-state index is 5.72. The molecule has 2 N–H and O–H groups in total. The van der Waals surface area contributed by atoms with Crippen molar-refractivity contribution >= 4 is 0 Å². The molecule has 0 aliphatic heterocycles. The van der Waals surface area contributed by atoms with Crippen LogP contribution in [0.2, 0.25) is 0 Å². The molecule has 0 saturated heterocycles. The van der Waals surface area contributed by atoms with Crippen LogP contribution >= 0.6 is 0 Å². The summed E-state index contributed by atoms with van der Waals surface area (Å²) in [6.45, 7) is 10.6. The molecule has 0 bridgehead atoms. The first-order valence-electron chi connectivity index (χ1n) is 5.52. The van der Waals surface area contributed by atoms with Gasteiger partial charge in [-0.3, -0.25) is 0 Å². The Morgan fingerprint density at radius 3 is 2.00 bits per heavy atom. The van der Waals surface area contributed by atoms with Crippen molar-refractivity contribution in [3.63, 3.8) is 0 Å². The van der Waals surface area contributed by atoms with E-state index in [1.807, 2.05) is 13.8 Å². The molecule has 1 aliphatic rings. The van der Waals surface area contributed by atoms with E-state index in [0.717, 1.165) is 6.54 Å². The van der Waals surface area contributed by atoms with Crippen LogP contribution in [0.3, 0.4) is 0 Å². The Morgan fingerprint density at radius 2 is 1.71 bits per heavy atom. The van der Waals surface area contributed by atoms with Gasteiger partial charge in [-0.25, -0.2) is 0 Å². The van der Waals surface area contributed by atoms with Crippen LogP contribution in [0, 0.1) is 17.3 Å². The summed E-state index contributed by atoms with van der Waals surface area (Å²) in [4.78, 5) is 0. The normalized spacial score (nSPS) is 29.6. The molecule has 0 aromatic heterocycles. The van der Waals surface area contributed by atoms with Crippen molar-refractivity contribution in [3.05, 3.63) is 0 Å². The van der Waals surface area contributed by atoms with Gasteiger partial charge in [-0.1, -0.05) is 13.8 Å². The monoisotopic (exact) mass is 201 g/mol. The maximum atomic E-state index is 5.72. The molecule has 0 unspecified atom stereocenters. The molecular weight excluding hydrogens is 178 g/mol. The highest BCUT2D eigenvalue weighted by Crippen LogP contribution is 2.60. The summed E-state index contributed by atoms with van der Waals surface area (Å²) in [7, 11) is 0. The van der Waals surface area contributed by atoms with Crippen LogP contribution in [0.15, 0.2) is 0 Å². The number of nitrogens with two attached hydrogens (primary N) is 1. The van der Waals surface area contributed by atoms with Crippen LogP contribution in [-0.2, 0) is 9.47 Å². The molecule has 1 fully saturated rings. The van der Waals surface area contributed by atoms with Gasteiger partial charge in [-0.05, 0) is 31.7 Å². The second-order valence-corrected chi connectivity index (χ2v) is 4.47. The van der Waals surface area contributed by atoms with Gasteiger partial charge in [0.2, 0.25) is 0 Å². The highest BCUT2D eigenvalue weighted by atomic mass is 16.7. The molecule has 0 aromatic carbocycles. The molecule has 0 spiro atoms. The highest BCUT2D eigenvalue weighted by molar-refractivity contribution is 5.06. The first-order valence-corrected chi connectivity index (χ1v) is 5.52. The average molecular weight is 201 g/mol. The second kappa shape index (κ2) is 4.60. The number of hydrogen-bond donors (Lipinski definition) is 1. The highest BCUT2D eigenvalue weighted by Gasteiger charge is 2.61. The lowest BCUT2D eigenvalue weighted by Gasteiger charge is -2.18. The van der Waals surface area contributed by atoms with E-state index < -0.39 is 0 Å². The van der Waals surface area contributed by atoms with E-state index in [0.29, 0.717) is 25.0 Å². The van der Waals surface area contributed by atoms with Crippen molar-refractivity contribution in [2.24, 2.45) is 23.0 Å². The van der Waals surface area contributed by atoms with Crippen molar-refractivity contribution < 1.29 is 9.47 Å². The molecule has 3 heteroatoms. The summed E-state index contributed by atoms with van der Waals surface area (Å²) < 4.78 is 11.2. The molecule has 3 nitrogen and oxygen atoms in total. The summed E-state index contributed by atoms with van der Waals surface area (Å²) in [6.07, 6.45) is -0.0615. The van der Waals surface area contributed by atoms with Gasteiger partial charge in [0.25, 0.3) is 0 Å². The quantitative estimate of drug-likeness (QED) is 0.664. The minimum absolute atomic E-state index is 0.0615. The predicted octanol–water partition coefficient (Wildman–Crippen LogP) is 1.62. The fourth-order valence-electron chi connectivity index (χ4n) is 2.36. The fourth-order valence-corrected chi connectivity index (χ4v) is 2.36. The van der Waals surface area contributed by atoms with Gasteiger partial charge in [-0.2, -0.15) is 0 Å². The first-order chi connectivity index (χ1) is 6.59. The Balaban J connectivity index is 2.53. The van der Waals surface area contributed by atoms with E-state index in [-0.39, 0.29) is 11.7 Å². The molecule has 0 heterocycles. The van der Waals surface area contributed by atoms with Gasteiger partial charge in [0, 0.05) is 19.1 Å². The van der Waals surface area contributed by atoms with Crippen molar-refractivity contribution in [2.75, 3.05) is 19.8 Å². The van der Waals surface area contributed by atoms with Crippen molar-refractivity contribution in [1.82, 2.24) is 0 Å². The van der Waals surface area contributed by atoms with Crippen molar-refractivity contribution in [2.45, 2.75) is 34.0 Å². The zero-order valence-electron chi connectivity index (χ0n) is 9.75. The largest absolute Gasteiger partial charge is 0.353 e. The minimum atomic E-state index is -0.0615.